The Labute approximate surface area is 174 Å². The van der Waals surface area contributed by atoms with E-state index in [2.05, 4.69) is 6.58 Å². The number of hydrogen-bond donors (Lipinski definition) is 0. The van der Waals surface area contributed by atoms with Gasteiger partial charge in [-0.05, 0) is 30.9 Å². The van der Waals surface area contributed by atoms with E-state index in [0.29, 0.717) is 29.7 Å². The first-order valence-electron chi connectivity index (χ1n) is 10.4. The zero-order valence-electron chi connectivity index (χ0n) is 17.0. The van der Waals surface area contributed by atoms with Crippen molar-refractivity contribution in [1.29, 1.82) is 0 Å². The third-order valence-corrected chi connectivity index (χ3v) is 5.71. The molecular formula is C24H25F3O3. The largest absolute Gasteiger partial charge is 0.490 e. The lowest BCUT2D eigenvalue weighted by atomic mass is 9.96. The number of hydrogen-bond acceptors (Lipinski definition) is 3. The molecule has 0 radical (unpaired) electrons. The normalized spacial score (nSPS) is 20.1. The highest BCUT2D eigenvalue weighted by atomic mass is 19.2. The lowest BCUT2D eigenvalue weighted by molar-refractivity contribution is -0.00333. The monoisotopic (exact) mass is 418 g/mol. The molecule has 0 spiro atoms. The third kappa shape index (κ3) is 3.93. The van der Waals surface area contributed by atoms with Gasteiger partial charge >= 0.3 is 0 Å². The van der Waals surface area contributed by atoms with Gasteiger partial charge in [-0.25, -0.2) is 4.39 Å². The molecule has 2 aromatic carbocycles. The van der Waals surface area contributed by atoms with Crippen LogP contribution in [0.5, 0.6) is 17.2 Å². The van der Waals surface area contributed by atoms with E-state index in [1.54, 1.807) is 18.2 Å². The summed E-state index contributed by atoms with van der Waals surface area (Å²) in [6.45, 7) is 6.38. The van der Waals surface area contributed by atoms with Crippen molar-refractivity contribution in [2.75, 3.05) is 13.2 Å². The van der Waals surface area contributed by atoms with Gasteiger partial charge in [0.1, 0.15) is 0 Å². The second-order valence-electron chi connectivity index (χ2n) is 7.91. The molecule has 0 amide bonds. The van der Waals surface area contributed by atoms with Crippen LogP contribution in [0.25, 0.3) is 0 Å². The Hall–Kier alpha value is -2.47. The highest BCUT2D eigenvalue weighted by molar-refractivity contribution is 5.54. The summed E-state index contributed by atoms with van der Waals surface area (Å²) in [5.74, 6) is -3.13. The van der Waals surface area contributed by atoms with Crippen LogP contribution in [-0.2, 0) is 17.6 Å². The van der Waals surface area contributed by atoms with E-state index in [4.69, 9.17) is 14.2 Å². The number of fused-ring (bicyclic) bond motifs is 2. The second-order valence-corrected chi connectivity index (χ2v) is 7.91. The summed E-state index contributed by atoms with van der Waals surface area (Å²) in [7, 11) is 0. The molecule has 1 fully saturated rings. The molecule has 0 N–H and O–H groups in total. The summed E-state index contributed by atoms with van der Waals surface area (Å²) in [6, 6.07) is 4.96. The Morgan fingerprint density at radius 3 is 2.60 bits per heavy atom. The maximum absolute atomic E-state index is 14.7. The number of halogens is 3. The van der Waals surface area contributed by atoms with Gasteiger partial charge in [-0.15, -0.1) is 6.58 Å². The van der Waals surface area contributed by atoms with E-state index in [1.807, 2.05) is 6.92 Å². The quantitative estimate of drug-likeness (QED) is 0.452. The van der Waals surface area contributed by atoms with Crippen LogP contribution < -0.4 is 9.47 Å². The van der Waals surface area contributed by atoms with Crippen molar-refractivity contribution in [1.82, 2.24) is 0 Å². The molecule has 160 valence electrons. The maximum atomic E-state index is 14.7. The molecule has 30 heavy (non-hydrogen) atoms. The van der Waals surface area contributed by atoms with Crippen molar-refractivity contribution in [3.8, 4) is 17.2 Å². The molecular weight excluding hydrogens is 393 g/mol. The summed E-state index contributed by atoms with van der Waals surface area (Å²) >= 11 is 0. The Morgan fingerprint density at radius 1 is 1.10 bits per heavy atom. The Bertz CT molecular complexity index is 949. The first-order valence-corrected chi connectivity index (χ1v) is 10.4. The van der Waals surface area contributed by atoms with Gasteiger partial charge in [-0.2, -0.15) is 8.78 Å². The van der Waals surface area contributed by atoms with E-state index < -0.39 is 17.5 Å². The van der Waals surface area contributed by atoms with E-state index in [-0.39, 0.29) is 42.3 Å². The maximum Gasteiger partial charge on any atom is 0.205 e. The van der Waals surface area contributed by atoms with E-state index >= 15 is 0 Å². The van der Waals surface area contributed by atoms with Gasteiger partial charge in [0.25, 0.3) is 0 Å². The van der Waals surface area contributed by atoms with E-state index in [1.165, 1.54) is 6.07 Å². The fraction of sp³-hybridized carbons (Fsp3) is 0.417. The molecule has 0 aliphatic carbocycles. The molecule has 4 rings (SSSR count). The summed E-state index contributed by atoms with van der Waals surface area (Å²) < 4.78 is 60.8. The zero-order chi connectivity index (χ0) is 21.3. The molecule has 2 aromatic rings. The second kappa shape index (κ2) is 8.72. The van der Waals surface area contributed by atoms with E-state index in [9.17, 15) is 13.2 Å². The van der Waals surface area contributed by atoms with Crippen LogP contribution in [0.3, 0.4) is 0 Å². The van der Waals surface area contributed by atoms with Crippen LogP contribution in [-0.4, -0.2) is 19.3 Å². The smallest absolute Gasteiger partial charge is 0.205 e. The first kappa shape index (κ1) is 20.8. The van der Waals surface area contributed by atoms with Gasteiger partial charge in [0.15, 0.2) is 23.1 Å². The molecule has 6 heteroatoms. The van der Waals surface area contributed by atoms with Crippen molar-refractivity contribution in [2.45, 2.75) is 45.1 Å². The van der Waals surface area contributed by atoms with Crippen LogP contribution in [0, 0.1) is 23.4 Å². The van der Waals surface area contributed by atoms with Crippen LogP contribution in [0.15, 0.2) is 30.9 Å². The minimum Gasteiger partial charge on any atom is -0.490 e. The Balaban J connectivity index is 1.53. The predicted molar refractivity (Wildman–Crippen MR) is 108 cm³/mol. The predicted octanol–water partition coefficient (Wildman–Crippen LogP) is 6.11. The van der Waals surface area contributed by atoms with Crippen molar-refractivity contribution < 1.29 is 27.4 Å². The summed E-state index contributed by atoms with van der Waals surface area (Å²) in [4.78, 5) is 0. The first-order chi connectivity index (χ1) is 14.5. The topological polar surface area (TPSA) is 27.7 Å². The molecule has 2 heterocycles. The lowest BCUT2D eigenvalue weighted by Gasteiger charge is -2.27. The van der Waals surface area contributed by atoms with E-state index in [0.717, 1.165) is 19.3 Å². The summed E-state index contributed by atoms with van der Waals surface area (Å²) in [5.41, 5.74) is 1.55. The number of benzene rings is 2. The molecule has 3 nitrogen and oxygen atoms in total. The number of rotatable bonds is 6. The molecule has 2 unspecified atom stereocenters. The van der Waals surface area contributed by atoms with Crippen molar-refractivity contribution in [3.63, 3.8) is 0 Å². The Kier molecular flexibility index (Phi) is 6.04. The average molecular weight is 418 g/mol. The standard InChI is InChI=1S/C24H25F3O3/c1-3-5-15-7-8-16-10-17-11-19(29-13-14-6-9-18(4-2)28-12-14)21(26)22(27)24(17)30-23(16)20(15)25/h4,7-8,11,14,18H,2-3,5-6,9-10,12-13H2,1H3. The highest BCUT2D eigenvalue weighted by Gasteiger charge is 2.29. The van der Waals surface area contributed by atoms with Crippen molar-refractivity contribution in [3.05, 3.63) is 65.0 Å². The van der Waals surface area contributed by atoms with Gasteiger partial charge in [0, 0.05) is 23.5 Å². The molecule has 0 aromatic heterocycles. The van der Waals surface area contributed by atoms with Gasteiger partial charge in [-0.3, -0.25) is 0 Å². The molecule has 2 atom stereocenters. The SMILES string of the molecule is C=CC1CCC(COc2cc3c(c(F)c2F)Oc2c(ccc(CCC)c2F)C3)CO1. The molecule has 2 aliphatic rings. The Morgan fingerprint density at radius 2 is 1.90 bits per heavy atom. The summed E-state index contributed by atoms with van der Waals surface area (Å²) in [5, 5.41) is 0. The fourth-order valence-electron chi connectivity index (χ4n) is 3.99. The van der Waals surface area contributed by atoms with Crippen LogP contribution in [0.1, 0.15) is 42.9 Å². The van der Waals surface area contributed by atoms with Gasteiger partial charge < -0.3 is 14.2 Å². The lowest BCUT2D eigenvalue weighted by Crippen LogP contribution is -2.28. The summed E-state index contributed by atoms with van der Waals surface area (Å²) in [6.07, 6.45) is 5.07. The third-order valence-electron chi connectivity index (χ3n) is 5.71. The molecule has 1 saturated heterocycles. The number of aryl methyl sites for hydroxylation is 1. The minimum absolute atomic E-state index is 0.0171. The minimum atomic E-state index is -1.15. The highest BCUT2D eigenvalue weighted by Crippen LogP contribution is 2.43. The van der Waals surface area contributed by atoms with Gasteiger partial charge in [0.05, 0.1) is 19.3 Å². The van der Waals surface area contributed by atoms with Gasteiger partial charge in [0.2, 0.25) is 11.6 Å². The molecule has 2 aliphatic heterocycles. The van der Waals surface area contributed by atoms with Crippen molar-refractivity contribution in [2.24, 2.45) is 5.92 Å². The van der Waals surface area contributed by atoms with Crippen LogP contribution >= 0.6 is 0 Å². The van der Waals surface area contributed by atoms with Crippen molar-refractivity contribution >= 4 is 0 Å². The average Bonchev–Trinajstić information content (AvgIpc) is 2.77. The van der Waals surface area contributed by atoms with Gasteiger partial charge in [-0.1, -0.05) is 31.6 Å². The zero-order valence-corrected chi connectivity index (χ0v) is 17.0. The fourth-order valence-corrected chi connectivity index (χ4v) is 3.99. The molecule has 0 saturated carbocycles. The van der Waals surface area contributed by atoms with Crippen LogP contribution in [0.4, 0.5) is 13.2 Å². The number of ether oxygens (including phenoxy) is 3. The van der Waals surface area contributed by atoms with Crippen LogP contribution in [0.2, 0.25) is 0 Å². The molecule has 0 bridgehead atoms.